The summed E-state index contributed by atoms with van der Waals surface area (Å²) in [5.74, 6) is 0. The SMILES string of the molecule is CN(O)C1CCCO1. The molecule has 0 aromatic heterocycles. The first-order valence-corrected chi connectivity index (χ1v) is 2.84. The molecule has 48 valence electrons. The summed E-state index contributed by atoms with van der Waals surface area (Å²) < 4.78 is 5.09. The van der Waals surface area contributed by atoms with Crippen molar-refractivity contribution in [3.8, 4) is 0 Å². The molecule has 3 nitrogen and oxygen atoms in total. The molecule has 8 heavy (non-hydrogen) atoms. The van der Waals surface area contributed by atoms with Gasteiger partial charge in [0.25, 0.3) is 0 Å². The van der Waals surface area contributed by atoms with Gasteiger partial charge in [0.1, 0.15) is 6.23 Å². The minimum atomic E-state index is -0.0463. The number of rotatable bonds is 1. The van der Waals surface area contributed by atoms with Crippen LogP contribution in [0.5, 0.6) is 0 Å². The predicted molar refractivity (Wildman–Crippen MR) is 28.5 cm³/mol. The molecule has 3 heteroatoms. The fourth-order valence-electron chi connectivity index (χ4n) is 0.855. The average molecular weight is 117 g/mol. The highest BCUT2D eigenvalue weighted by molar-refractivity contribution is 4.57. The molecule has 1 N–H and O–H groups in total. The summed E-state index contributed by atoms with van der Waals surface area (Å²) in [7, 11) is 1.61. The van der Waals surface area contributed by atoms with E-state index < -0.39 is 0 Å². The summed E-state index contributed by atoms with van der Waals surface area (Å²) in [5.41, 5.74) is 0. The number of nitrogens with zero attached hydrogens (tertiary/aromatic N) is 1. The van der Waals surface area contributed by atoms with Crippen molar-refractivity contribution < 1.29 is 9.94 Å². The molecule has 1 atom stereocenters. The number of hydrogen-bond acceptors (Lipinski definition) is 3. The molecular weight excluding hydrogens is 106 g/mol. The zero-order chi connectivity index (χ0) is 5.98. The molecule has 0 radical (unpaired) electrons. The third-order valence-corrected chi connectivity index (χ3v) is 1.32. The van der Waals surface area contributed by atoms with Gasteiger partial charge in [0, 0.05) is 13.7 Å². The van der Waals surface area contributed by atoms with Crippen molar-refractivity contribution in [3.05, 3.63) is 0 Å². The van der Waals surface area contributed by atoms with E-state index in [1.54, 1.807) is 7.05 Å². The van der Waals surface area contributed by atoms with Crippen molar-refractivity contribution in [2.45, 2.75) is 19.1 Å². The van der Waals surface area contributed by atoms with E-state index in [2.05, 4.69) is 0 Å². The van der Waals surface area contributed by atoms with Crippen molar-refractivity contribution in [2.75, 3.05) is 13.7 Å². The van der Waals surface area contributed by atoms with E-state index in [0.717, 1.165) is 24.5 Å². The lowest BCUT2D eigenvalue weighted by Gasteiger charge is -2.14. The van der Waals surface area contributed by atoms with Crippen LogP contribution in [0.4, 0.5) is 0 Å². The third-order valence-electron chi connectivity index (χ3n) is 1.32. The van der Waals surface area contributed by atoms with E-state index in [0.29, 0.717) is 0 Å². The lowest BCUT2D eigenvalue weighted by Crippen LogP contribution is -2.26. The minimum absolute atomic E-state index is 0.0463. The van der Waals surface area contributed by atoms with Gasteiger partial charge in [-0.1, -0.05) is 0 Å². The second-order valence-corrected chi connectivity index (χ2v) is 2.04. The zero-order valence-electron chi connectivity index (χ0n) is 5.00. The van der Waals surface area contributed by atoms with Crippen LogP contribution < -0.4 is 0 Å². The van der Waals surface area contributed by atoms with Crippen LogP contribution >= 0.6 is 0 Å². The van der Waals surface area contributed by atoms with Crippen LogP contribution in [0.15, 0.2) is 0 Å². The molecular formula is C5H11NO2. The van der Waals surface area contributed by atoms with Crippen LogP contribution in [0, 0.1) is 0 Å². The summed E-state index contributed by atoms with van der Waals surface area (Å²) in [6, 6.07) is 0. The maximum absolute atomic E-state index is 8.76. The van der Waals surface area contributed by atoms with Gasteiger partial charge in [0.2, 0.25) is 0 Å². The maximum atomic E-state index is 8.76. The highest BCUT2D eigenvalue weighted by Gasteiger charge is 2.17. The highest BCUT2D eigenvalue weighted by Crippen LogP contribution is 2.12. The fourth-order valence-corrected chi connectivity index (χ4v) is 0.855. The molecule has 1 fully saturated rings. The first kappa shape index (κ1) is 6.01. The predicted octanol–water partition coefficient (Wildman–Crippen LogP) is 0.444. The van der Waals surface area contributed by atoms with Gasteiger partial charge >= 0.3 is 0 Å². The van der Waals surface area contributed by atoms with Gasteiger partial charge in [-0.15, -0.1) is 0 Å². The Bertz CT molecular complexity index is 68.8. The molecule has 1 unspecified atom stereocenters. The van der Waals surface area contributed by atoms with Gasteiger partial charge in [0.05, 0.1) is 0 Å². The van der Waals surface area contributed by atoms with Crippen LogP contribution in [0.3, 0.4) is 0 Å². The van der Waals surface area contributed by atoms with Gasteiger partial charge in [-0.2, -0.15) is 5.06 Å². The quantitative estimate of drug-likeness (QED) is 0.506. The summed E-state index contributed by atoms with van der Waals surface area (Å²) in [6.45, 7) is 0.787. The number of ether oxygens (including phenoxy) is 1. The van der Waals surface area contributed by atoms with Gasteiger partial charge in [-0.3, -0.25) is 0 Å². The van der Waals surface area contributed by atoms with Crippen molar-refractivity contribution in [1.29, 1.82) is 0 Å². The van der Waals surface area contributed by atoms with Crippen molar-refractivity contribution in [3.63, 3.8) is 0 Å². The minimum Gasteiger partial charge on any atom is -0.361 e. The van der Waals surface area contributed by atoms with Gasteiger partial charge in [-0.05, 0) is 12.8 Å². The second-order valence-electron chi connectivity index (χ2n) is 2.04. The van der Waals surface area contributed by atoms with E-state index in [4.69, 9.17) is 9.94 Å². The molecule has 0 aromatic rings. The van der Waals surface area contributed by atoms with Gasteiger partial charge in [-0.25, -0.2) is 0 Å². The molecule has 0 saturated carbocycles. The van der Waals surface area contributed by atoms with Crippen LogP contribution in [0.2, 0.25) is 0 Å². The van der Waals surface area contributed by atoms with E-state index in [1.807, 2.05) is 0 Å². The summed E-state index contributed by atoms with van der Waals surface area (Å²) in [6.07, 6.45) is 1.97. The molecule has 1 aliphatic rings. The molecule has 0 aromatic carbocycles. The van der Waals surface area contributed by atoms with E-state index in [1.165, 1.54) is 0 Å². The Labute approximate surface area is 48.8 Å². The van der Waals surface area contributed by atoms with Crippen molar-refractivity contribution >= 4 is 0 Å². The maximum Gasteiger partial charge on any atom is 0.132 e. The van der Waals surface area contributed by atoms with Crippen molar-refractivity contribution in [1.82, 2.24) is 5.06 Å². The Morgan fingerprint density at radius 1 is 1.75 bits per heavy atom. The number of hydroxylamine groups is 2. The van der Waals surface area contributed by atoms with E-state index in [-0.39, 0.29) is 6.23 Å². The molecule has 1 saturated heterocycles. The summed E-state index contributed by atoms with van der Waals surface area (Å²) >= 11 is 0. The molecule has 0 aliphatic carbocycles. The monoisotopic (exact) mass is 117 g/mol. The fraction of sp³-hybridized carbons (Fsp3) is 1.00. The molecule has 0 spiro atoms. The first-order valence-electron chi connectivity index (χ1n) is 2.84. The first-order chi connectivity index (χ1) is 3.80. The Morgan fingerprint density at radius 3 is 2.75 bits per heavy atom. The topological polar surface area (TPSA) is 32.7 Å². The highest BCUT2D eigenvalue weighted by atomic mass is 16.6. The van der Waals surface area contributed by atoms with E-state index in [9.17, 15) is 0 Å². The Morgan fingerprint density at radius 2 is 2.50 bits per heavy atom. The van der Waals surface area contributed by atoms with E-state index >= 15 is 0 Å². The Hall–Kier alpha value is -0.120. The van der Waals surface area contributed by atoms with Crippen molar-refractivity contribution in [2.24, 2.45) is 0 Å². The third kappa shape index (κ3) is 1.18. The summed E-state index contributed by atoms with van der Waals surface area (Å²) in [4.78, 5) is 0. The van der Waals surface area contributed by atoms with Crippen LogP contribution in [0.1, 0.15) is 12.8 Å². The standard InChI is InChI=1S/C5H11NO2/c1-6(7)5-3-2-4-8-5/h5,7H,2-4H2,1H3. The van der Waals surface area contributed by atoms with Crippen LogP contribution in [0.25, 0.3) is 0 Å². The Balaban J connectivity index is 2.24. The smallest absolute Gasteiger partial charge is 0.132 e. The average Bonchev–Trinajstić information content (AvgIpc) is 2.12. The largest absolute Gasteiger partial charge is 0.361 e. The zero-order valence-corrected chi connectivity index (χ0v) is 5.00. The lowest BCUT2D eigenvalue weighted by molar-refractivity contribution is -0.181. The molecule has 0 bridgehead atoms. The normalized spacial score (nSPS) is 29.6. The lowest BCUT2D eigenvalue weighted by atomic mass is 10.3. The van der Waals surface area contributed by atoms with Gasteiger partial charge < -0.3 is 9.94 Å². The van der Waals surface area contributed by atoms with Crippen LogP contribution in [-0.2, 0) is 4.74 Å². The molecule has 1 rings (SSSR count). The Kier molecular flexibility index (Phi) is 1.83. The number of hydrogen-bond donors (Lipinski definition) is 1. The van der Waals surface area contributed by atoms with Crippen LogP contribution in [-0.4, -0.2) is 30.2 Å². The molecule has 1 heterocycles. The molecule has 1 aliphatic heterocycles. The second kappa shape index (κ2) is 2.44. The summed E-state index contributed by atoms with van der Waals surface area (Å²) in [5, 5.41) is 9.88. The molecule has 0 amide bonds. The van der Waals surface area contributed by atoms with Gasteiger partial charge in [0.15, 0.2) is 0 Å².